The van der Waals surface area contributed by atoms with Gasteiger partial charge in [0.05, 0.1) is 5.56 Å². The number of aryl methyl sites for hydroxylation is 3. The molecular formula is C20H20N2O3. The summed E-state index contributed by atoms with van der Waals surface area (Å²) < 4.78 is 7.14. The molecule has 2 heterocycles. The number of rotatable bonds is 5. The Morgan fingerprint density at radius 1 is 1.08 bits per heavy atom. The van der Waals surface area contributed by atoms with Crippen LogP contribution in [0.1, 0.15) is 37.7 Å². The number of esters is 1. The Kier molecular flexibility index (Phi) is 4.57. The molecule has 0 saturated heterocycles. The van der Waals surface area contributed by atoms with Crippen LogP contribution >= 0.6 is 0 Å². The molecule has 0 atom stereocenters. The maximum atomic E-state index is 12.3. The molecule has 0 aliphatic heterocycles. The van der Waals surface area contributed by atoms with Crippen molar-refractivity contribution < 1.29 is 14.3 Å². The highest BCUT2D eigenvalue weighted by Gasteiger charge is 2.16. The van der Waals surface area contributed by atoms with Crippen LogP contribution in [0.15, 0.2) is 48.8 Å². The Balaban J connectivity index is 1.72. The third kappa shape index (κ3) is 3.55. The van der Waals surface area contributed by atoms with E-state index in [1.165, 1.54) is 0 Å². The van der Waals surface area contributed by atoms with Crippen LogP contribution in [0, 0.1) is 20.8 Å². The van der Waals surface area contributed by atoms with Crippen molar-refractivity contribution in [2.24, 2.45) is 0 Å². The van der Waals surface area contributed by atoms with Crippen LogP contribution < -0.4 is 0 Å². The standard InChI is InChI=1S/C20H20N2O3/c1-13-6-7-16(11-18(13)22-8-4-5-9-22)20(24)25-12-19(23)17-10-14(2)21-15(17)3/h4-11,21H,12H2,1-3H3. The summed E-state index contributed by atoms with van der Waals surface area (Å²) in [5.74, 6) is -0.723. The van der Waals surface area contributed by atoms with Crippen molar-refractivity contribution >= 4 is 11.8 Å². The number of hydrogen-bond acceptors (Lipinski definition) is 3. The minimum atomic E-state index is -0.508. The first-order chi connectivity index (χ1) is 12.0. The first-order valence-electron chi connectivity index (χ1n) is 8.06. The highest BCUT2D eigenvalue weighted by Crippen LogP contribution is 2.17. The molecule has 3 rings (SSSR count). The molecule has 25 heavy (non-hydrogen) atoms. The van der Waals surface area contributed by atoms with Crippen molar-refractivity contribution in [3.63, 3.8) is 0 Å². The highest BCUT2D eigenvalue weighted by molar-refractivity contribution is 6.00. The lowest BCUT2D eigenvalue weighted by Crippen LogP contribution is -2.15. The number of H-pyrrole nitrogens is 1. The van der Waals surface area contributed by atoms with E-state index in [2.05, 4.69) is 4.98 Å². The third-order valence-corrected chi connectivity index (χ3v) is 4.11. The first-order valence-corrected chi connectivity index (χ1v) is 8.06. The Labute approximate surface area is 146 Å². The third-order valence-electron chi connectivity index (χ3n) is 4.11. The highest BCUT2D eigenvalue weighted by atomic mass is 16.5. The van der Waals surface area contributed by atoms with E-state index < -0.39 is 5.97 Å². The predicted molar refractivity (Wildman–Crippen MR) is 95.4 cm³/mol. The van der Waals surface area contributed by atoms with E-state index in [-0.39, 0.29) is 12.4 Å². The monoisotopic (exact) mass is 336 g/mol. The molecule has 0 fully saturated rings. The summed E-state index contributed by atoms with van der Waals surface area (Å²) in [6.07, 6.45) is 3.83. The average Bonchev–Trinajstić information content (AvgIpc) is 3.22. The summed E-state index contributed by atoms with van der Waals surface area (Å²) in [4.78, 5) is 27.6. The molecule has 2 aromatic heterocycles. The molecule has 5 nitrogen and oxygen atoms in total. The second-order valence-corrected chi connectivity index (χ2v) is 6.08. The number of hydrogen-bond donors (Lipinski definition) is 1. The number of nitrogens with one attached hydrogen (secondary N) is 1. The van der Waals surface area contributed by atoms with Gasteiger partial charge in [0.2, 0.25) is 5.78 Å². The van der Waals surface area contributed by atoms with Crippen LogP contribution in [0.3, 0.4) is 0 Å². The quantitative estimate of drug-likeness (QED) is 0.570. The van der Waals surface area contributed by atoms with Gasteiger partial charge in [0, 0.05) is 35.0 Å². The summed E-state index contributed by atoms with van der Waals surface area (Å²) in [6, 6.07) is 11.0. The van der Waals surface area contributed by atoms with Gasteiger partial charge in [-0.25, -0.2) is 4.79 Å². The van der Waals surface area contributed by atoms with Crippen LogP contribution in [0.25, 0.3) is 5.69 Å². The maximum Gasteiger partial charge on any atom is 0.338 e. The normalized spacial score (nSPS) is 10.7. The molecule has 128 valence electrons. The molecule has 0 amide bonds. The van der Waals surface area contributed by atoms with Crippen LogP contribution in [-0.4, -0.2) is 27.9 Å². The topological polar surface area (TPSA) is 64.1 Å². The van der Waals surface area contributed by atoms with Gasteiger partial charge < -0.3 is 14.3 Å². The molecule has 0 aliphatic rings. The SMILES string of the molecule is Cc1cc(C(=O)COC(=O)c2ccc(C)c(-n3cccc3)c2)c(C)[nH]1. The van der Waals surface area contributed by atoms with Gasteiger partial charge in [-0.3, -0.25) is 4.79 Å². The fourth-order valence-electron chi connectivity index (χ4n) is 2.82. The van der Waals surface area contributed by atoms with Crippen molar-refractivity contribution in [3.05, 3.63) is 76.9 Å². The molecule has 0 spiro atoms. The lowest BCUT2D eigenvalue weighted by Gasteiger charge is -2.10. The molecule has 0 radical (unpaired) electrons. The molecule has 0 unspecified atom stereocenters. The number of ketones is 1. The minimum Gasteiger partial charge on any atom is -0.454 e. The van der Waals surface area contributed by atoms with Crippen LogP contribution in [0.5, 0.6) is 0 Å². The van der Waals surface area contributed by atoms with E-state index in [0.29, 0.717) is 11.1 Å². The number of benzene rings is 1. The number of carbonyl (C=O) groups excluding carboxylic acids is 2. The van der Waals surface area contributed by atoms with Crippen molar-refractivity contribution in [2.75, 3.05) is 6.61 Å². The Bertz CT molecular complexity index is 921. The predicted octanol–water partition coefficient (Wildman–Crippen LogP) is 3.77. The van der Waals surface area contributed by atoms with Crippen molar-refractivity contribution in [1.29, 1.82) is 0 Å². The maximum absolute atomic E-state index is 12.3. The summed E-state index contributed by atoms with van der Waals surface area (Å²) in [7, 11) is 0. The van der Waals surface area contributed by atoms with Crippen LogP contribution in [-0.2, 0) is 4.74 Å². The zero-order chi connectivity index (χ0) is 18.0. The summed E-state index contributed by atoms with van der Waals surface area (Å²) >= 11 is 0. The number of aromatic nitrogens is 2. The molecule has 0 saturated carbocycles. The van der Waals surface area contributed by atoms with E-state index >= 15 is 0 Å². The Hall–Kier alpha value is -3.08. The van der Waals surface area contributed by atoms with E-state index in [1.54, 1.807) is 18.2 Å². The van der Waals surface area contributed by atoms with Crippen molar-refractivity contribution in [2.45, 2.75) is 20.8 Å². The second-order valence-electron chi connectivity index (χ2n) is 6.08. The lowest BCUT2D eigenvalue weighted by molar-refractivity contribution is 0.0474. The van der Waals surface area contributed by atoms with Gasteiger partial charge in [0.25, 0.3) is 0 Å². The van der Waals surface area contributed by atoms with Gasteiger partial charge >= 0.3 is 5.97 Å². The molecule has 3 aromatic rings. The fourth-order valence-corrected chi connectivity index (χ4v) is 2.82. The molecule has 0 bridgehead atoms. The molecule has 1 aromatic carbocycles. The van der Waals surface area contributed by atoms with Gasteiger partial charge in [-0.2, -0.15) is 0 Å². The average molecular weight is 336 g/mol. The van der Waals surface area contributed by atoms with Gasteiger partial charge in [0.1, 0.15) is 0 Å². The lowest BCUT2D eigenvalue weighted by atomic mass is 10.1. The zero-order valence-corrected chi connectivity index (χ0v) is 14.5. The second kappa shape index (κ2) is 6.81. The van der Waals surface area contributed by atoms with Gasteiger partial charge in [0.15, 0.2) is 6.61 Å². The number of carbonyl (C=O) groups is 2. The number of ether oxygens (including phenoxy) is 1. The molecule has 5 heteroatoms. The Morgan fingerprint density at radius 3 is 2.44 bits per heavy atom. The fraction of sp³-hybridized carbons (Fsp3) is 0.200. The summed E-state index contributed by atoms with van der Waals surface area (Å²) in [6.45, 7) is 5.41. The summed E-state index contributed by atoms with van der Waals surface area (Å²) in [5, 5.41) is 0. The van der Waals surface area contributed by atoms with Gasteiger partial charge in [-0.05, 0) is 56.7 Å². The van der Waals surface area contributed by atoms with Crippen molar-refractivity contribution in [3.8, 4) is 5.69 Å². The van der Waals surface area contributed by atoms with Gasteiger partial charge in [-0.1, -0.05) is 6.07 Å². The Morgan fingerprint density at radius 2 is 1.80 bits per heavy atom. The van der Waals surface area contributed by atoms with Crippen LogP contribution in [0.2, 0.25) is 0 Å². The van der Waals surface area contributed by atoms with E-state index in [0.717, 1.165) is 22.6 Å². The number of Topliss-reactive ketones (excluding diaryl/α,β-unsaturated/α-hetero) is 1. The largest absolute Gasteiger partial charge is 0.454 e. The first kappa shape index (κ1) is 16.8. The van der Waals surface area contributed by atoms with Crippen molar-refractivity contribution in [1.82, 2.24) is 9.55 Å². The van der Waals surface area contributed by atoms with E-state index in [1.807, 2.05) is 55.9 Å². The van der Waals surface area contributed by atoms with Gasteiger partial charge in [-0.15, -0.1) is 0 Å². The smallest absolute Gasteiger partial charge is 0.338 e. The molecule has 1 N–H and O–H groups in total. The zero-order valence-electron chi connectivity index (χ0n) is 14.5. The number of aromatic amines is 1. The van der Waals surface area contributed by atoms with Crippen LogP contribution in [0.4, 0.5) is 0 Å². The van der Waals surface area contributed by atoms with E-state index in [4.69, 9.17) is 4.74 Å². The molecular weight excluding hydrogens is 316 g/mol. The molecule has 0 aliphatic carbocycles. The van der Waals surface area contributed by atoms with E-state index in [9.17, 15) is 9.59 Å². The number of nitrogens with zero attached hydrogens (tertiary/aromatic N) is 1. The minimum absolute atomic E-state index is 0.215. The summed E-state index contributed by atoms with van der Waals surface area (Å²) in [5.41, 5.74) is 4.61.